The smallest absolute Gasteiger partial charge is 0.415 e. The number of para-hydroxylation sites is 1. The number of methoxy groups -OCH3 is 1. The Morgan fingerprint density at radius 2 is 1.75 bits per heavy atom. The monoisotopic (exact) mass is 759 g/mol. The molecule has 2 atom stereocenters. The molecule has 0 unspecified atom stereocenters. The van der Waals surface area contributed by atoms with E-state index in [-0.39, 0.29) is 63.3 Å². The molecule has 2 bridgehead atoms. The minimum atomic E-state index is -3.14. The number of anilines is 1. The fourth-order valence-electron chi connectivity index (χ4n) is 6.96. The second-order valence-corrected chi connectivity index (χ2v) is 13.5. The Kier molecular flexibility index (Phi) is 11.3. The predicted molar refractivity (Wildman–Crippen MR) is 186 cm³/mol. The Balaban J connectivity index is 1.43. The number of nitrogens with zero attached hydrogens (tertiary/aromatic N) is 3. The Bertz CT molecular complexity index is 1940. The highest BCUT2D eigenvalue weighted by Crippen LogP contribution is 2.40. The number of benzene rings is 3. The highest BCUT2D eigenvalue weighted by atomic mass is 35.5. The predicted octanol–water partition coefficient (Wildman–Crippen LogP) is 7.69. The molecule has 52 heavy (non-hydrogen) atoms. The molecule has 7 rings (SSSR count). The summed E-state index contributed by atoms with van der Waals surface area (Å²) in [6.07, 6.45) is 2.81. The zero-order chi connectivity index (χ0) is 37.1. The second-order valence-electron chi connectivity index (χ2n) is 12.7. The van der Waals surface area contributed by atoms with Gasteiger partial charge in [-0.1, -0.05) is 53.5 Å². The minimum absolute atomic E-state index is 0.00589. The summed E-state index contributed by atoms with van der Waals surface area (Å²) >= 11 is 12.9. The van der Waals surface area contributed by atoms with Gasteiger partial charge in [-0.05, 0) is 85.3 Å². The second kappa shape index (κ2) is 15.9. The van der Waals surface area contributed by atoms with Gasteiger partial charge in [-0.2, -0.15) is 13.5 Å². The highest BCUT2D eigenvalue weighted by molar-refractivity contribution is 6.35. The van der Waals surface area contributed by atoms with Crippen molar-refractivity contribution in [2.45, 2.75) is 44.4 Å². The molecule has 3 aliphatic rings. The highest BCUT2D eigenvalue weighted by Gasteiger charge is 2.38. The SMILES string of the molecule is COc1cc([C@H](Cc2c(Cl)c[n+]([O-])cc2Cl)c2cc(CN(C(=O)O[C@H]3CN4CCC3CC4)c3ccccc3F)ccc2C(=O)O)ccc1OC(F)F. The van der Waals surface area contributed by atoms with Crippen molar-refractivity contribution >= 4 is 41.0 Å². The molecule has 3 fully saturated rings. The summed E-state index contributed by atoms with van der Waals surface area (Å²) in [6, 6.07) is 14.4. The van der Waals surface area contributed by atoms with Crippen molar-refractivity contribution in [2.75, 3.05) is 31.6 Å². The van der Waals surface area contributed by atoms with Crippen molar-refractivity contribution in [1.29, 1.82) is 0 Å². The first-order chi connectivity index (χ1) is 24.9. The quantitative estimate of drug-likeness (QED) is 0.116. The van der Waals surface area contributed by atoms with Crippen LogP contribution in [0.2, 0.25) is 10.0 Å². The van der Waals surface area contributed by atoms with Gasteiger partial charge >= 0.3 is 18.7 Å². The first kappa shape index (κ1) is 37.1. The normalized spacial score (nSPS) is 18.6. The molecule has 3 saturated heterocycles. The van der Waals surface area contributed by atoms with Gasteiger partial charge in [0.25, 0.3) is 0 Å². The summed E-state index contributed by atoms with van der Waals surface area (Å²) < 4.78 is 58.0. The number of rotatable bonds is 12. The molecular weight excluding hydrogens is 726 g/mol. The standard InChI is InChI=1S/C37H34Cl2F3N3O7/c1-50-33-15-23(7-9-32(33)51-36(41)42)25(16-27-28(38)18-44(49)19-29(27)39)26-14-21(6-8-24(26)35(46)47)17-45(31-5-3-2-4-30(31)40)37(48)52-34-20-43-12-10-22(34)11-13-43/h2-9,14-15,18-19,22,25,34,36H,10-13,16-17,20H2,1H3,(H,46,47)/t25-,34-/m0/s1. The van der Waals surface area contributed by atoms with E-state index >= 15 is 4.39 Å². The van der Waals surface area contributed by atoms with Gasteiger partial charge in [0.15, 0.2) is 23.9 Å². The minimum Gasteiger partial charge on any atom is -0.619 e. The van der Waals surface area contributed by atoms with E-state index in [2.05, 4.69) is 9.64 Å². The van der Waals surface area contributed by atoms with Crippen LogP contribution in [-0.2, 0) is 17.7 Å². The summed E-state index contributed by atoms with van der Waals surface area (Å²) in [6.45, 7) is -0.892. The Hall–Kier alpha value is -4.72. The van der Waals surface area contributed by atoms with Crippen molar-refractivity contribution in [1.82, 2.24) is 4.90 Å². The number of pyridine rings is 1. The number of carboxylic acid groups (broad SMARTS) is 1. The summed E-state index contributed by atoms with van der Waals surface area (Å²) in [5, 5.41) is 22.4. The van der Waals surface area contributed by atoms with Crippen LogP contribution in [0.5, 0.6) is 11.5 Å². The molecule has 1 aromatic heterocycles. The summed E-state index contributed by atoms with van der Waals surface area (Å²) in [5.41, 5.74) is 1.20. The fourth-order valence-corrected chi connectivity index (χ4v) is 7.56. The first-order valence-corrected chi connectivity index (χ1v) is 17.2. The summed E-state index contributed by atoms with van der Waals surface area (Å²) in [7, 11) is 1.26. The van der Waals surface area contributed by atoms with Gasteiger partial charge < -0.3 is 24.5 Å². The number of alkyl halides is 2. The third kappa shape index (κ3) is 8.16. The molecule has 1 N–H and O–H groups in total. The maximum absolute atomic E-state index is 15.3. The lowest BCUT2D eigenvalue weighted by Crippen LogP contribution is -2.53. The summed E-state index contributed by atoms with van der Waals surface area (Å²) in [5.74, 6) is -2.95. The van der Waals surface area contributed by atoms with E-state index in [9.17, 15) is 28.7 Å². The van der Waals surface area contributed by atoms with Crippen LogP contribution < -0.4 is 19.1 Å². The number of carboxylic acids is 1. The van der Waals surface area contributed by atoms with Crippen molar-refractivity contribution < 1.29 is 46.8 Å². The maximum Gasteiger partial charge on any atom is 0.415 e. The lowest BCUT2D eigenvalue weighted by atomic mass is 9.82. The molecule has 10 nitrogen and oxygen atoms in total. The Labute approximate surface area is 307 Å². The van der Waals surface area contributed by atoms with Crippen LogP contribution in [0.15, 0.2) is 73.1 Å². The fraction of sp³-hybridized carbons (Fsp3) is 0.324. The van der Waals surface area contributed by atoms with Crippen molar-refractivity contribution in [3.05, 3.63) is 122 Å². The van der Waals surface area contributed by atoms with Gasteiger partial charge in [0, 0.05) is 18.0 Å². The van der Waals surface area contributed by atoms with Crippen LogP contribution in [-0.4, -0.2) is 61.5 Å². The van der Waals surface area contributed by atoms with Gasteiger partial charge in [0.1, 0.15) is 22.0 Å². The Morgan fingerprint density at radius 1 is 1.04 bits per heavy atom. The van der Waals surface area contributed by atoms with Gasteiger partial charge in [0.2, 0.25) is 0 Å². The van der Waals surface area contributed by atoms with E-state index in [4.69, 9.17) is 32.7 Å². The molecule has 0 radical (unpaired) electrons. The molecule has 3 aromatic carbocycles. The number of aromatic carboxylic acids is 1. The van der Waals surface area contributed by atoms with E-state index in [0.717, 1.165) is 38.3 Å². The number of fused-ring (bicyclic) bond motifs is 3. The van der Waals surface area contributed by atoms with Gasteiger partial charge in [-0.3, -0.25) is 9.80 Å². The topological polar surface area (TPSA) is 115 Å². The van der Waals surface area contributed by atoms with Crippen LogP contribution in [0, 0.1) is 16.9 Å². The van der Waals surface area contributed by atoms with Crippen molar-refractivity contribution in [3.63, 3.8) is 0 Å². The zero-order valence-electron chi connectivity index (χ0n) is 27.8. The third-order valence-electron chi connectivity index (χ3n) is 9.55. The third-order valence-corrected chi connectivity index (χ3v) is 10.2. The van der Waals surface area contributed by atoms with Crippen LogP contribution in [0.4, 0.5) is 23.7 Å². The molecule has 4 aromatic rings. The number of halogens is 5. The molecule has 1 amide bonds. The molecule has 4 heterocycles. The average Bonchev–Trinajstić information content (AvgIpc) is 3.11. The van der Waals surface area contributed by atoms with Gasteiger partial charge in [-0.15, -0.1) is 0 Å². The molecular formula is C37H34Cl2F3N3O7. The molecule has 0 aliphatic carbocycles. The lowest BCUT2D eigenvalue weighted by molar-refractivity contribution is -0.605. The van der Waals surface area contributed by atoms with Crippen LogP contribution in [0.3, 0.4) is 0 Å². The number of amides is 1. The largest absolute Gasteiger partial charge is 0.619 e. The Morgan fingerprint density at radius 3 is 2.37 bits per heavy atom. The lowest BCUT2D eigenvalue weighted by Gasteiger charge is -2.44. The number of piperidine rings is 3. The molecule has 0 spiro atoms. The number of hydrogen-bond acceptors (Lipinski definition) is 7. The first-order valence-electron chi connectivity index (χ1n) is 16.4. The number of ether oxygens (including phenoxy) is 3. The molecule has 15 heteroatoms. The molecule has 274 valence electrons. The number of aromatic nitrogens is 1. The van der Waals surface area contributed by atoms with E-state index in [1.807, 2.05) is 0 Å². The van der Waals surface area contributed by atoms with Crippen LogP contribution >= 0.6 is 23.2 Å². The zero-order valence-corrected chi connectivity index (χ0v) is 29.3. The van der Waals surface area contributed by atoms with Gasteiger partial charge in [0.05, 0.1) is 24.9 Å². The van der Waals surface area contributed by atoms with E-state index in [1.165, 1.54) is 60.5 Å². The van der Waals surface area contributed by atoms with E-state index < -0.39 is 30.4 Å². The van der Waals surface area contributed by atoms with Crippen molar-refractivity contribution in [2.24, 2.45) is 5.92 Å². The summed E-state index contributed by atoms with van der Waals surface area (Å²) in [4.78, 5) is 30.0. The average molecular weight is 761 g/mol. The maximum atomic E-state index is 15.3. The number of carbonyl (C=O) groups excluding carboxylic acids is 1. The van der Waals surface area contributed by atoms with Gasteiger partial charge in [-0.25, -0.2) is 14.0 Å². The van der Waals surface area contributed by atoms with E-state index in [1.54, 1.807) is 12.1 Å². The molecule has 3 aliphatic heterocycles. The van der Waals surface area contributed by atoms with Crippen LogP contribution in [0.1, 0.15) is 51.4 Å². The van der Waals surface area contributed by atoms with Crippen LogP contribution in [0.25, 0.3) is 0 Å². The van der Waals surface area contributed by atoms with Crippen molar-refractivity contribution in [3.8, 4) is 11.5 Å². The number of carbonyl (C=O) groups is 2. The number of hydrogen-bond donors (Lipinski definition) is 1. The molecule has 0 saturated carbocycles. The van der Waals surface area contributed by atoms with E-state index in [0.29, 0.717) is 28.0 Å².